The number of likely N-dealkylation sites (N-methyl/N-ethyl adjacent to an activating group) is 1. The molecule has 1 amide bonds. The van der Waals surface area contributed by atoms with E-state index < -0.39 is 0 Å². The maximum absolute atomic E-state index is 13.5. The van der Waals surface area contributed by atoms with E-state index in [1.54, 1.807) is 0 Å². The second-order valence-corrected chi connectivity index (χ2v) is 7.04. The third-order valence-corrected chi connectivity index (χ3v) is 5.72. The Labute approximate surface area is 153 Å². The lowest BCUT2D eigenvalue weighted by Gasteiger charge is -2.29. The number of benzene rings is 3. The SMILES string of the molecule is CN1c2ccccc2C2C1C(=O)N(c1ccccc1)C2c1ccccc1. The van der Waals surface area contributed by atoms with Crippen molar-refractivity contribution in [3.63, 3.8) is 0 Å². The average molecular weight is 340 g/mol. The number of anilines is 2. The maximum Gasteiger partial charge on any atom is 0.251 e. The van der Waals surface area contributed by atoms with Gasteiger partial charge in [0.25, 0.3) is 5.91 Å². The number of carbonyl (C=O) groups excluding carboxylic acids is 1. The van der Waals surface area contributed by atoms with Crippen molar-refractivity contribution in [1.82, 2.24) is 0 Å². The van der Waals surface area contributed by atoms with Crippen LogP contribution in [0.2, 0.25) is 0 Å². The monoisotopic (exact) mass is 340 g/mol. The lowest BCUT2D eigenvalue weighted by Crippen LogP contribution is -2.38. The number of hydrogen-bond acceptors (Lipinski definition) is 2. The van der Waals surface area contributed by atoms with Crippen LogP contribution in [0.25, 0.3) is 0 Å². The molecule has 128 valence electrons. The number of rotatable bonds is 2. The van der Waals surface area contributed by atoms with Crippen LogP contribution in [-0.2, 0) is 4.79 Å². The van der Waals surface area contributed by atoms with Crippen LogP contribution in [0.5, 0.6) is 0 Å². The lowest BCUT2D eigenvalue weighted by atomic mass is 9.87. The fraction of sp³-hybridized carbons (Fsp3) is 0.174. The minimum absolute atomic E-state index is 0.00204. The molecule has 0 aromatic heterocycles. The first kappa shape index (κ1) is 15.2. The Morgan fingerprint density at radius 1 is 0.731 bits per heavy atom. The second-order valence-electron chi connectivity index (χ2n) is 7.04. The first-order valence-corrected chi connectivity index (χ1v) is 9.02. The molecule has 0 radical (unpaired) electrons. The molecule has 0 N–H and O–H groups in total. The Bertz CT molecular complexity index is 954. The highest BCUT2D eigenvalue weighted by Gasteiger charge is 2.55. The molecule has 0 aliphatic carbocycles. The number of carbonyl (C=O) groups is 1. The molecule has 5 rings (SSSR count). The van der Waals surface area contributed by atoms with Crippen LogP contribution >= 0.6 is 0 Å². The summed E-state index contributed by atoms with van der Waals surface area (Å²) in [7, 11) is 2.04. The quantitative estimate of drug-likeness (QED) is 0.691. The van der Waals surface area contributed by atoms with E-state index in [9.17, 15) is 4.79 Å². The van der Waals surface area contributed by atoms with Gasteiger partial charge in [-0.05, 0) is 29.3 Å². The predicted octanol–water partition coefficient (Wildman–Crippen LogP) is 4.38. The normalized spacial score (nSPS) is 23.9. The van der Waals surface area contributed by atoms with Gasteiger partial charge >= 0.3 is 0 Å². The second kappa shape index (κ2) is 5.73. The molecule has 3 nitrogen and oxygen atoms in total. The van der Waals surface area contributed by atoms with Crippen LogP contribution < -0.4 is 9.80 Å². The Kier molecular flexibility index (Phi) is 3.35. The van der Waals surface area contributed by atoms with Gasteiger partial charge in [-0.15, -0.1) is 0 Å². The molecule has 26 heavy (non-hydrogen) atoms. The Balaban J connectivity index is 1.72. The van der Waals surface area contributed by atoms with Crippen molar-refractivity contribution in [3.8, 4) is 0 Å². The van der Waals surface area contributed by atoms with Crippen molar-refractivity contribution in [2.75, 3.05) is 16.8 Å². The first-order chi connectivity index (χ1) is 12.8. The summed E-state index contributed by atoms with van der Waals surface area (Å²) in [5.41, 5.74) is 4.58. The van der Waals surface area contributed by atoms with E-state index in [0.717, 1.165) is 5.69 Å². The molecule has 2 aliphatic heterocycles. The van der Waals surface area contributed by atoms with E-state index in [1.807, 2.05) is 54.4 Å². The summed E-state index contributed by atoms with van der Waals surface area (Å²) < 4.78 is 0. The topological polar surface area (TPSA) is 23.6 Å². The minimum Gasteiger partial charge on any atom is -0.362 e. The van der Waals surface area contributed by atoms with Crippen LogP contribution in [0, 0.1) is 0 Å². The smallest absolute Gasteiger partial charge is 0.251 e. The van der Waals surface area contributed by atoms with E-state index in [-0.39, 0.29) is 23.9 Å². The molecule has 2 aliphatic rings. The Hall–Kier alpha value is -3.07. The molecule has 2 heterocycles. The molecule has 3 unspecified atom stereocenters. The van der Waals surface area contributed by atoms with E-state index in [4.69, 9.17) is 0 Å². The molecule has 0 spiro atoms. The highest BCUT2D eigenvalue weighted by Crippen LogP contribution is 2.54. The van der Waals surface area contributed by atoms with Gasteiger partial charge in [-0.2, -0.15) is 0 Å². The van der Waals surface area contributed by atoms with E-state index in [1.165, 1.54) is 16.8 Å². The highest BCUT2D eigenvalue weighted by atomic mass is 16.2. The van der Waals surface area contributed by atoms with Crippen LogP contribution in [0.4, 0.5) is 11.4 Å². The molecule has 0 saturated carbocycles. The first-order valence-electron chi connectivity index (χ1n) is 9.02. The Morgan fingerprint density at radius 2 is 1.35 bits per heavy atom. The van der Waals surface area contributed by atoms with Gasteiger partial charge in [0.15, 0.2) is 0 Å². The molecule has 3 aromatic rings. The van der Waals surface area contributed by atoms with E-state index in [0.29, 0.717) is 0 Å². The highest BCUT2D eigenvalue weighted by molar-refractivity contribution is 6.05. The van der Waals surface area contributed by atoms with Gasteiger partial charge in [-0.3, -0.25) is 4.79 Å². The summed E-state index contributed by atoms with van der Waals surface area (Å²) in [6, 6.07) is 28.7. The molecular weight excluding hydrogens is 320 g/mol. The molecule has 1 saturated heterocycles. The van der Waals surface area contributed by atoms with E-state index in [2.05, 4.69) is 47.4 Å². The molecular formula is C23H20N2O. The summed E-state index contributed by atoms with van der Waals surface area (Å²) in [6.45, 7) is 0. The minimum atomic E-state index is -0.155. The van der Waals surface area contributed by atoms with Gasteiger partial charge < -0.3 is 9.80 Å². The van der Waals surface area contributed by atoms with Crippen molar-refractivity contribution in [3.05, 3.63) is 96.1 Å². The molecule has 1 fully saturated rings. The van der Waals surface area contributed by atoms with Crippen molar-refractivity contribution >= 4 is 17.3 Å². The van der Waals surface area contributed by atoms with Gasteiger partial charge in [0, 0.05) is 24.3 Å². The third-order valence-electron chi connectivity index (χ3n) is 5.72. The van der Waals surface area contributed by atoms with Crippen LogP contribution in [-0.4, -0.2) is 19.0 Å². The summed E-state index contributed by atoms with van der Waals surface area (Å²) in [6.07, 6.45) is 0. The molecule has 0 bridgehead atoms. The van der Waals surface area contributed by atoms with Gasteiger partial charge in [0.05, 0.1) is 6.04 Å². The zero-order valence-corrected chi connectivity index (χ0v) is 14.6. The number of para-hydroxylation sites is 2. The van der Waals surface area contributed by atoms with Gasteiger partial charge in [-0.25, -0.2) is 0 Å². The fourth-order valence-corrected chi connectivity index (χ4v) is 4.64. The summed E-state index contributed by atoms with van der Waals surface area (Å²) >= 11 is 0. The zero-order chi connectivity index (χ0) is 17.7. The predicted molar refractivity (Wildman–Crippen MR) is 104 cm³/mol. The summed E-state index contributed by atoms with van der Waals surface area (Å²) in [4.78, 5) is 17.7. The number of amides is 1. The number of fused-ring (bicyclic) bond motifs is 3. The third kappa shape index (κ3) is 2.03. The van der Waals surface area contributed by atoms with Crippen molar-refractivity contribution in [1.29, 1.82) is 0 Å². The van der Waals surface area contributed by atoms with Crippen LogP contribution in [0.15, 0.2) is 84.9 Å². The molecule has 3 atom stereocenters. The van der Waals surface area contributed by atoms with Crippen LogP contribution in [0.3, 0.4) is 0 Å². The number of nitrogens with zero attached hydrogens (tertiary/aromatic N) is 2. The largest absolute Gasteiger partial charge is 0.362 e. The van der Waals surface area contributed by atoms with Crippen molar-refractivity contribution < 1.29 is 4.79 Å². The van der Waals surface area contributed by atoms with Gasteiger partial charge in [-0.1, -0.05) is 66.7 Å². The van der Waals surface area contributed by atoms with Crippen LogP contribution in [0.1, 0.15) is 23.1 Å². The standard InChI is InChI=1S/C23H20N2O/c1-24-19-15-9-8-14-18(19)20-21(16-10-4-2-5-11-16)25(23(26)22(20)24)17-12-6-3-7-13-17/h2-15,20-22H,1H3. The summed E-state index contributed by atoms with van der Waals surface area (Å²) in [5, 5.41) is 0. The summed E-state index contributed by atoms with van der Waals surface area (Å²) in [5.74, 6) is 0.306. The molecule has 3 aromatic carbocycles. The average Bonchev–Trinajstić information content (AvgIpc) is 3.17. The zero-order valence-electron chi connectivity index (χ0n) is 14.6. The Morgan fingerprint density at radius 3 is 2.08 bits per heavy atom. The fourth-order valence-electron chi connectivity index (χ4n) is 4.64. The van der Waals surface area contributed by atoms with Crippen molar-refractivity contribution in [2.45, 2.75) is 18.0 Å². The maximum atomic E-state index is 13.5. The van der Waals surface area contributed by atoms with E-state index >= 15 is 0 Å². The van der Waals surface area contributed by atoms with Gasteiger partial charge in [0.2, 0.25) is 0 Å². The van der Waals surface area contributed by atoms with Crippen molar-refractivity contribution in [2.24, 2.45) is 0 Å². The number of hydrogen-bond donors (Lipinski definition) is 0. The van der Waals surface area contributed by atoms with Gasteiger partial charge in [0.1, 0.15) is 6.04 Å². The lowest BCUT2D eigenvalue weighted by molar-refractivity contribution is -0.118. The molecule has 3 heteroatoms.